The molecule has 0 heterocycles. The number of benzene rings is 3. The van der Waals surface area contributed by atoms with Crippen LogP contribution in [0.4, 0.5) is 15.8 Å². The molecule has 0 saturated carbocycles. The zero-order chi connectivity index (χ0) is 21.0. The molecule has 0 aliphatic carbocycles. The maximum atomic E-state index is 13.7. The third-order valence-corrected chi connectivity index (χ3v) is 6.57. The molecule has 29 heavy (non-hydrogen) atoms. The summed E-state index contributed by atoms with van der Waals surface area (Å²) in [7, 11) is -3.71. The molecule has 5 nitrogen and oxygen atoms in total. The number of hydrogen-bond donors (Lipinski definition) is 2. The number of anilines is 2. The first kappa shape index (κ1) is 20.5. The molecule has 2 N–H and O–H groups in total. The van der Waals surface area contributed by atoms with E-state index in [9.17, 15) is 17.6 Å². The standard InChI is InChI=1S/C22H21FN2O3S/c1-15-12-13-19(24-14-21(26)25-20-11-7-6-10-18(20)23)16(2)22(15)29(27,28)17-8-4-3-5-9-17/h3-13,24H,14H2,1-2H3,(H,25,26). The molecule has 3 rings (SSSR count). The predicted octanol–water partition coefficient (Wildman–Crippen LogP) is 4.33. The van der Waals surface area contributed by atoms with Crippen molar-refractivity contribution in [3.8, 4) is 0 Å². The van der Waals surface area contributed by atoms with E-state index in [1.54, 1.807) is 62.4 Å². The molecule has 0 atom stereocenters. The third-order valence-electron chi connectivity index (χ3n) is 4.51. The summed E-state index contributed by atoms with van der Waals surface area (Å²) in [5.74, 6) is -0.967. The van der Waals surface area contributed by atoms with E-state index in [0.717, 1.165) is 0 Å². The first-order chi connectivity index (χ1) is 13.8. The van der Waals surface area contributed by atoms with Crippen molar-refractivity contribution in [2.45, 2.75) is 23.6 Å². The highest BCUT2D eigenvalue weighted by Crippen LogP contribution is 2.31. The Morgan fingerprint density at radius 3 is 2.24 bits per heavy atom. The quantitative estimate of drug-likeness (QED) is 0.632. The molecule has 0 spiro atoms. The van der Waals surface area contributed by atoms with Gasteiger partial charge in [0.05, 0.1) is 22.0 Å². The maximum absolute atomic E-state index is 13.7. The largest absolute Gasteiger partial charge is 0.376 e. The van der Waals surface area contributed by atoms with Crippen LogP contribution in [-0.4, -0.2) is 20.9 Å². The number of aryl methyl sites for hydroxylation is 1. The number of hydrogen-bond acceptors (Lipinski definition) is 4. The van der Waals surface area contributed by atoms with Crippen molar-refractivity contribution in [3.05, 3.63) is 83.7 Å². The SMILES string of the molecule is Cc1ccc(NCC(=O)Nc2ccccc2F)c(C)c1S(=O)(=O)c1ccccc1. The summed E-state index contributed by atoms with van der Waals surface area (Å²) < 4.78 is 39.9. The number of nitrogens with one attached hydrogen (secondary N) is 2. The predicted molar refractivity (Wildman–Crippen MR) is 111 cm³/mol. The molecule has 0 bridgehead atoms. The Morgan fingerprint density at radius 1 is 0.897 bits per heavy atom. The van der Waals surface area contributed by atoms with Gasteiger partial charge in [0.15, 0.2) is 0 Å². The number of sulfone groups is 1. The van der Waals surface area contributed by atoms with Gasteiger partial charge in [-0.15, -0.1) is 0 Å². The molecule has 0 saturated heterocycles. The molecule has 150 valence electrons. The van der Waals surface area contributed by atoms with Crippen molar-refractivity contribution in [1.29, 1.82) is 0 Å². The fourth-order valence-electron chi connectivity index (χ4n) is 3.08. The first-order valence-corrected chi connectivity index (χ1v) is 10.5. The van der Waals surface area contributed by atoms with Crippen LogP contribution in [-0.2, 0) is 14.6 Å². The molecule has 0 radical (unpaired) electrons. The average molecular weight is 412 g/mol. The van der Waals surface area contributed by atoms with Gasteiger partial charge in [-0.3, -0.25) is 4.79 Å². The van der Waals surface area contributed by atoms with Crippen LogP contribution < -0.4 is 10.6 Å². The van der Waals surface area contributed by atoms with Crippen LogP contribution in [0, 0.1) is 19.7 Å². The zero-order valence-corrected chi connectivity index (χ0v) is 16.9. The molecule has 0 aromatic heterocycles. The monoisotopic (exact) mass is 412 g/mol. The summed E-state index contributed by atoms with van der Waals surface area (Å²) in [5, 5.41) is 5.43. The second-order valence-corrected chi connectivity index (χ2v) is 8.47. The number of carbonyl (C=O) groups is 1. The minimum absolute atomic E-state index is 0.0901. The second kappa shape index (κ2) is 8.45. The highest BCUT2D eigenvalue weighted by atomic mass is 32.2. The number of rotatable bonds is 6. The fraction of sp³-hybridized carbons (Fsp3) is 0.136. The lowest BCUT2D eigenvalue weighted by atomic mass is 10.1. The van der Waals surface area contributed by atoms with Crippen LogP contribution in [0.2, 0.25) is 0 Å². The molecule has 3 aromatic carbocycles. The normalized spacial score (nSPS) is 11.1. The Kier molecular flexibility index (Phi) is 5.98. The lowest BCUT2D eigenvalue weighted by molar-refractivity contribution is -0.114. The van der Waals surface area contributed by atoms with Crippen LogP contribution in [0.3, 0.4) is 0 Å². The summed E-state index contributed by atoms with van der Waals surface area (Å²) in [6, 6.07) is 17.5. The average Bonchev–Trinajstić information content (AvgIpc) is 2.70. The van der Waals surface area contributed by atoms with E-state index in [2.05, 4.69) is 10.6 Å². The van der Waals surface area contributed by atoms with E-state index < -0.39 is 21.6 Å². The highest BCUT2D eigenvalue weighted by Gasteiger charge is 2.23. The van der Waals surface area contributed by atoms with Crippen molar-refractivity contribution < 1.29 is 17.6 Å². The Hall–Kier alpha value is -3.19. The Balaban J connectivity index is 1.82. The zero-order valence-electron chi connectivity index (χ0n) is 16.1. The lowest BCUT2D eigenvalue weighted by Crippen LogP contribution is -2.23. The van der Waals surface area contributed by atoms with Crippen molar-refractivity contribution in [3.63, 3.8) is 0 Å². The van der Waals surface area contributed by atoms with Gasteiger partial charge in [0.25, 0.3) is 0 Å². The molecule has 1 amide bonds. The number of carbonyl (C=O) groups excluding carboxylic acids is 1. The fourth-order valence-corrected chi connectivity index (χ4v) is 4.84. The van der Waals surface area contributed by atoms with E-state index in [1.807, 2.05) is 0 Å². The van der Waals surface area contributed by atoms with Gasteiger partial charge in [-0.2, -0.15) is 0 Å². The molecule has 3 aromatic rings. The van der Waals surface area contributed by atoms with Gasteiger partial charge in [0.1, 0.15) is 5.82 Å². The molecule has 0 fully saturated rings. The van der Waals surface area contributed by atoms with Crippen molar-refractivity contribution in [2.75, 3.05) is 17.2 Å². The summed E-state index contributed by atoms with van der Waals surface area (Å²) in [6.07, 6.45) is 0. The van der Waals surface area contributed by atoms with Gasteiger partial charge in [-0.25, -0.2) is 12.8 Å². The summed E-state index contributed by atoms with van der Waals surface area (Å²) in [4.78, 5) is 12.6. The molecule has 0 unspecified atom stereocenters. The van der Waals surface area contributed by atoms with Crippen LogP contribution in [0.1, 0.15) is 11.1 Å². The van der Waals surface area contributed by atoms with Crippen LogP contribution in [0.25, 0.3) is 0 Å². The molecular formula is C22H21FN2O3S. The van der Waals surface area contributed by atoms with Gasteiger partial charge in [-0.1, -0.05) is 36.4 Å². The van der Waals surface area contributed by atoms with Crippen molar-refractivity contribution in [1.82, 2.24) is 0 Å². The van der Waals surface area contributed by atoms with Gasteiger partial charge < -0.3 is 10.6 Å². The Labute approximate surface area is 169 Å². The van der Waals surface area contributed by atoms with E-state index in [4.69, 9.17) is 0 Å². The topological polar surface area (TPSA) is 75.3 Å². The van der Waals surface area contributed by atoms with E-state index >= 15 is 0 Å². The van der Waals surface area contributed by atoms with Gasteiger partial charge >= 0.3 is 0 Å². The summed E-state index contributed by atoms with van der Waals surface area (Å²) in [6.45, 7) is 3.29. The minimum Gasteiger partial charge on any atom is -0.376 e. The van der Waals surface area contributed by atoms with E-state index in [1.165, 1.54) is 18.2 Å². The Bertz CT molecular complexity index is 1150. The Morgan fingerprint density at radius 2 is 1.55 bits per heavy atom. The van der Waals surface area contributed by atoms with Gasteiger partial charge in [-0.05, 0) is 55.3 Å². The van der Waals surface area contributed by atoms with Gasteiger partial charge in [0.2, 0.25) is 15.7 Å². The molecule has 7 heteroatoms. The molecular weight excluding hydrogens is 391 g/mol. The van der Waals surface area contributed by atoms with E-state index in [0.29, 0.717) is 16.8 Å². The lowest BCUT2D eigenvalue weighted by Gasteiger charge is -2.16. The van der Waals surface area contributed by atoms with Crippen LogP contribution >= 0.6 is 0 Å². The van der Waals surface area contributed by atoms with Gasteiger partial charge in [0, 0.05) is 5.69 Å². The smallest absolute Gasteiger partial charge is 0.243 e. The van der Waals surface area contributed by atoms with Crippen molar-refractivity contribution >= 4 is 27.1 Å². The van der Waals surface area contributed by atoms with Crippen molar-refractivity contribution in [2.24, 2.45) is 0 Å². The molecule has 0 aliphatic heterocycles. The highest BCUT2D eigenvalue weighted by molar-refractivity contribution is 7.91. The first-order valence-electron chi connectivity index (χ1n) is 8.99. The maximum Gasteiger partial charge on any atom is 0.243 e. The van der Waals surface area contributed by atoms with Crippen LogP contribution in [0.5, 0.6) is 0 Å². The third kappa shape index (κ3) is 4.46. The van der Waals surface area contributed by atoms with Crippen LogP contribution in [0.15, 0.2) is 76.5 Å². The second-order valence-electron chi connectivity index (χ2n) is 6.58. The molecule has 0 aliphatic rings. The summed E-state index contributed by atoms with van der Waals surface area (Å²) in [5.41, 5.74) is 1.75. The number of para-hydroxylation sites is 1. The number of amides is 1. The van der Waals surface area contributed by atoms with E-state index in [-0.39, 0.29) is 22.0 Å². The minimum atomic E-state index is -3.71. The summed E-state index contributed by atoms with van der Waals surface area (Å²) >= 11 is 0. The number of halogens is 1.